The Bertz CT molecular complexity index is 518. The molecule has 3 unspecified atom stereocenters. The third kappa shape index (κ3) is 3.24. The summed E-state index contributed by atoms with van der Waals surface area (Å²) in [5.41, 5.74) is 0. The van der Waals surface area contributed by atoms with E-state index in [-0.39, 0.29) is 5.25 Å². The molecule has 1 aliphatic carbocycles. The third-order valence-corrected chi connectivity index (χ3v) is 6.02. The molecule has 1 aliphatic heterocycles. The molecule has 1 aromatic rings. The van der Waals surface area contributed by atoms with Crippen LogP contribution in [-0.2, 0) is 10.8 Å². The summed E-state index contributed by atoms with van der Waals surface area (Å²) in [5.74, 6) is 1.48. The Morgan fingerprint density at radius 2 is 1.95 bits per heavy atom. The first-order valence-electron chi connectivity index (χ1n) is 7.83. The molecule has 21 heavy (non-hydrogen) atoms. The third-order valence-electron chi connectivity index (χ3n) is 4.19. The average molecular weight is 309 g/mol. The quantitative estimate of drug-likeness (QED) is 0.928. The first-order chi connectivity index (χ1) is 10.3. The number of nitrogens with one attached hydrogen (secondary N) is 1. The van der Waals surface area contributed by atoms with Crippen molar-refractivity contribution < 1.29 is 13.7 Å². The van der Waals surface area contributed by atoms with Crippen molar-refractivity contribution in [2.45, 2.75) is 48.8 Å². The molecule has 2 aliphatic rings. The molecule has 0 saturated heterocycles. The number of benzene rings is 1. The smallest absolute Gasteiger partial charge is 0.162 e. The predicted molar refractivity (Wildman–Crippen MR) is 83.6 cm³/mol. The Labute approximate surface area is 128 Å². The second-order valence-electron chi connectivity index (χ2n) is 5.59. The van der Waals surface area contributed by atoms with Gasteiger partial charge in [-0.05, 0) is 31.5 Å². The number of hydrogen-bond acceptors (Lipinski definition) is 4. The van der Waals surface area contributed by atoms with Crippen LogP contribution in [0.1, 0.15) is 32.6 Å². The zero-order valence-corrected chi connectivity index (χ0v) is 13.3. The molecule has 4 nitrogen and oxygen atoms in total. The van der Waals surface area contributed by atoms with Crippen molar-refractivity contribution in [2.24, 2.45) is 0 Å². The molecule has 1 aromatic carbocycles. The minimum Gasteiger partial charge on any atom is -0.486 e. The van der Waals surface area contributed by atoms with Gasteiger partial charge in [-0.1, -0.05) is 19.8 Å². The van der Waals surface area contributed by atoms with Crippen molar-refractivity contribution in [1.29, 1.82) is 0 Å². The molecule has 1 fully saturated rings. The van der Waals surface area contributed by atoms with Crippen LogP contribution >= 0.6 is 0 Å². The fourth-order valence-electron chi connectivity index (χ4n) is 3.17. The fourth-order valence-corrected chi connectivity index (χ4v) is 4.86. The van der Waals surface area contributed by atoms with E-state index in [1.54, 1.807) is 0 Å². The van der Waals surface area contributed by atoms with Crippen LogP contribution in [0.5, 0.6) is 11.5 Å². The Balaban J connectivity index is 1.80. The van der Waals surface area contributed by atoms with Crippen LogP contribution in [-0.4, -0.2) is 35.3 Å². The van der Waals surface area contributed by atoms with Gasteiger partial charge in [0.2, 0.25) is 0 Å². The summed E-state index contributed by atoms with van der Waals surface area (Å²) in [5, 5.41) is 3.69. The highest BCUT2D eigenvalue weighted by Crippen LogP contribution is 2.34. The van der Waals surface area contributed by atoms with E-state index in [4.69, 9.17) is 9.47 Å². The minimum atomic E-state index is -0.998. The number of hydrogen-bond donors (Lipinski definition) is 1. The highest BCUT2D eigenvalue weighted by atomic mass is 32.2. The molecule has 1 N–H and O–H groups in total. The van der Waals surface area contributed by atoms with Gasteiger partial charge in [-0.2, -0.15) is 0 Å². The second-order valence-corrected chi connectivity index (χ2v) is 7.26. The zero-order valence-electron chi connectivity index (χ0n) is 12.5. The van der Waals surface area contributed by atoms with Crippen LogP contribution < -0.4 is 14.8 Å². The molecule has 1 heterocycles. The molecule has 0 aromatic heterocycles. The molecule has 116 valence electrons. The molecule has 3 atom stereocenters. The zero-order chi connectivity index (χ0) is 14.7. The summed E-state index contributed by atoms with van der Waals surface area (Å²) >= 11 is 0. The van der Waals surface area contributed by atoms with Crippen molar-refractivity contribution in [3.63, 3.8) is 0 Å². The van der Waals surface area contributed by atoms with Crippen LogP contribution in [0, 0.1) is 0 Å². The minimum absolute atomic E-state index is 0.196. The first-order valence-corrected chi connectivity index (χ1v) is 9.04. The normalized spacial score (nSPS) is 26.3. The molecule has 0 radical (unpaired) electrons. The van der Waals surface area contributed by atoms with E-state index in [1.165, 1.54) is 12.8 Å². The lowest BCUT2D eigenvalue weighted by atomic mass is 9.95. The standard InChI is InChI=1S/C16H23NO3S/c1-2-17-13-5-3-4-6-16(13)21(18)12-7-8-14-15(11-12)20-10-9-19-14/h7-8,11,13,16-17H,2-6,9-10H2,1H3. The van der Waals surface area contributed by atoms with E-state index in [2.05, 4.69) is 12.2 Å². The lowest BCUT2D eigenvalue weighted by molar-refractivity contribution is 0.171. The van der Waals surface area contributed by atoms with E-state index >= 15 is 0 Å². The molecular formula is C16H23NO3S. The van der Waals surface area contributed by atoms with Gasteiger partial charge in [0.25, 0.3) is 0 Å². The van der Waals surface area contributed by atoms with Crippen LogP contribution in [0.15, 0.2) is 23.1 Å². The molecule has 0 amide bonds. The van der Waals surface area contributed by atoms with Gasteiger partial charge in [-0.15, -0.1) is 0 Å². The monoisotopic (exact) mass is 309 g/mol. The van der Waals surface area contributed by atoms with Gasteiger partial charge in [0.1, 0.15) is 13.2 Å². The summed E-state index contributed by atoms with van der Waals surface area (Å²) in [7, 11) is -0.998. The van der Waals surface area contributed by atoms with E-state index in [0.29, 0.717) is 19.3 Å². The lowest BCUT2D eigenvalue weighted by Crippen LogP contribution is -2.44. The van der Waals surface area contributed by atoms with Crippen molar-refractivity contribution in [2.75, 3.05) is 19.8 Å². The summed E-state index contributed by atoms with van der Waals surface area (Å²) in [6.45, 7) is 4.19. The van der Waals surface area contributed by atoms with E-state index < -0.39 is 10.8 Å². The van der Waals surface area contributed by atoms with Crippen molar-refractivity contribution in [1.82, 2.24) is 5.32 Å². The fraction of sp³-hybridized carbons (Fsp3) is 0.625. The van der Waals surface area contributed by atoms with Crippen molar-refractivity contribution in [3.8, 4) is 11.5 Å². The highest BCUT2D eigenvalue weighted by Gasteiger charge is 2.30. The van der Waals surface area contributed by atoms with Gasteiger partial charge < -0.3 is 14.8 Å². The number of ether oxygens (including phenoxy) is 2. The maximum atomic E-state index is 12.9. The van der Waals surface area contributed by atoms with Crippen molar-refractivity contribution in [3.05, 3.63) is 18.2 Å². The van der Waals surface area contributed by atoms with Crippen LogP contribution in [0.2, 0.25) is 0 Å². The molecule has 1 saturated carbocycles. The van der Waals surface area contributed by atoms with Crippen LogP contribution in [0.25, 0.3) is 0 Å². The first kappa shape index (κ1) is 14.9. The van der Waals surface area contributed by atoms with Gasteiger partial charge in [0.05, 0.1) is 16.0 Å². The topological polar surface area (TPSA) is 47.6 Å². The Hall–Kier alpha value is -1.07. The van der Waals surface area contributed by atoms with E-state index in [9.17, 15) is 4.21 Å². The van der Waals surface area contributed by atoms with Gasteiger partial charge >= 0.3 is 0 Å². The van der Waals surface area contributed by atoms with Gasteiger partial charge in [-0.3, -0.25) is 4.21 Å². The summed E-state index contributed by atoms with van der Waals surface area (Å²) < 4.78 is 24.1. The van der Waals surface area contributed by atoms with Gasteiger partial charge in [0.15, 0.2) is 11.5 Å². The SMILES string of the molecule is CCNC1CCCCC1S(=O)c1ccc2c(c1)OCCO2. The van der Waals surface area contributed by atoms with Crippen LogP contribution in [0.3, 0.4) is 0 Å². The van der Waals surface area contributed by atoms with Gasteiger partial charge in [0, 0.05) is 17.0 Å². The molecular weight excluding hydrogens is 286 g/mol. The van der Waals surface area contributed by atoms with Gasteiger partial charge in [-0.25, -0.2) is 0 Å². The Morgan fingerprint density at radius 3 is 2.76 bits per heavy atom. The molecule has 0 spiro atoms. The largest absolute Gasteiger partial charge is 0.486 e. The second kappa shape index (κ2) is 6.79. The predicted octanol–water partition coefficient (Wildman–Crippen LogP) is 2.49. The van der Waals surface area contributed by atoms with E-state index in [0.717, 1.165) is 35.8 Å². The molecule has 0 bridgehead atoms. The summed E-state index contributed by atoms with van der Waals surface area (Å²) in [6.07, 6.45) is 4.54. The summed E-state index contributed by atoms with van der Waals surface area (Å²) in [6, 6.07) is 6.05. The highest BCUT2D eigenvalue weighted by molar-refractivity contribution is 7.85. The molecule has 5 heteroatoms. The number of rotatable bonds is 4. The lowest BCUT2D eigenvalue weighted by Gasteiger charge is -2.31. The van der Waals surface area contributed by atoms with Crippen LogP contribution in [0.4, 0.5) is 0 Å². The Morgan fingerprint density at radius 1 is 1.19 bits per heavy atom. The van der Waals surface area contributed by atoms with Crippen molar-refractivity contribution >= 4 is 10.8 Å². The Kier molecular flexibility index (Phi) is 4.80. The summed E-state index contributed by atoms with van der Waals surface area (Å²) in [4.78, 5) is 0.856. The maximum absolute atomic E-state index is 12.9. The maximum Gasteiger partial charge on any atom is 0.162 e. The number of fused-ring (bicyclic) bond motifs is 1. The average Bonchev–Trinajstić information content (AvgIpc) is 2.54. The molecule has 3 rings (SSSR count). The van der Waals surface area contributed by atoms with E-state index in [1.807, 2.05) is 18.2 Å².